The van der Waals surface area contributed by atoms with Crippen molar-refractivity contribution in [2.24, 2.45) is 0 Å². The van der Waals surface area contributed by atoms with Crippen LogP contribution in [0.2, 0.25) is 0 Å². The molecule has 0 aliphatic carbocycles. The van der Waals surface area contributed by atoms with Crippen molar-refractivity contribution in [2.45, 2.75) is 45.1 Å². The molecule has 0 unspecified atom stereocenters. The van der Waals surface area contributed by atoms with E-state index in [0.29, 0.717) is 12.2 Å². The van der Waals surface area contributed by atoms with Crippen molar-refractivity contribution in [2.75, 3.05) is 4.90 Å². The van der Waals surface area contributed by atoms with Crippen LogP contribution in [0.1, 0.15) is 42.4 Å². The highest BCUT2D eigenvalue weighted by Gasteiger charge is 2.38. The highest BCUT2D eigenvalue weighted by molar-refractivity contribution is 6.04. The second kappa shape index (κ2) is 13.4. The van der Waals surface area contributed by atoms with Gasteiger partial charge in [0.05, 0.1) is 19.1 Å². The van der Waals surface area contributed by atoms with Gasteiger partial charge >= 0.3 is 24.3 Å². The molecule has 0 saturated carbocycles. The average molecular weight is 562 g/mol. The van der Waals surface area contributed by atoms with Gasteiger partial charge in [0.2, 0.25) is 0 Å². The van der Waals surface area contributed by atoms with Crippen LogP contribution in [0.4, 0.5) is 32.0 Å². The van der Waals surface area contributed by atoms with E-state index in [1.807, 2.05) is 24.3 Å². The SMILES string of the molecule is CC(C)(C)c1ccc(N(Cc2cccnc2)C(=O)c2cnc[nH]2)cc1.O=C(O)C(F)(F)F.O=C(O)C(F)(F)F. The molecule has 2 aromatic heterocycles. The molecule has 0 bridgehead atoms. The van der Waals surface area contributed by atoms with Crippen LogP contribution in [-0.2, 0) is 21.5 Å². The van der Waals surface area contributed by atoms with Gasteiger partial charge in [0, 0.05) is 18.1 Å². The summed E-state index contributed by atoms with van der Waals surface area (Å²) in [5.41, 5.74) is 3.57. The minimum Gasteiger partial charge on any atom is -0.475 e. The minimum absolute atomic E-state index is 0.0695. The Bertz CT molecular complexity index is 1180. The van der Waals surface area contributed by atoms with Crippen LogP contribution in [-0.4, -0.2) is 55.4 Å². The number of benzene rings is 1. The number of aromatic nitrogens is 3. The van der Waals surface area contributed by atoms with Crippen LogP contribution < -0.4 is 4.90 Å². The van der Waals surface area contributed by atoms with E-state index >= 15 is 0 Å². The number of pyridine rings is 1. The molecule has 2 heterocycles. The van der Waals surface area contributed by atoms with E-state index < -0.39 is 24.3 Å². The fraction of sp³-hybridized carbons (Fsp3) is 0.292. The summed E-state index contributed by atoms with van der Waals surface area (Å²) in [6.45, 7) is 6.96. The third-order valence-electron chi connectivity index (χ3n) is 4.57. The number of hydrogen-bond acceptors (Lipinski definition) is 5. The third kappa shape index (κ3) is 11.2. The number of aromatic amines is 1. The Kier molecular flexibility index (Phi) is 11.2. The van der Waals surface area contributed by atoms with E-state index in [-0.39, 0.29) is 11.3 Å². The zero-order valence-electron chi connectivity index (χ0n) is 20.7. The first-order valence-corrected chi connectivity index (χ1v) is 10.7. The fourth-order valence-electron chi connectivity index (χ4n) is 2.61. The number of halogens is 6. The van der Waals surface area contributed by atoms with E-state index in [4.69, 9.17) is 19.8 Å². The zero-order valence-corrected chi connectivity index (χ0v) is 20.7. The van der Waals surface area contributed by atoms with Gasteiger partial charge < -0.3 is 20.1 Å². The normalized spacial score (nSPS) is 11.3. The summed E-state index contributed by atoms with van der Waals surface area (Å²) in [4.78, 5) is 43.4. The van der Waals surface area contributed by atoms with Gasteiger partial charge in [-0.15, -0.1) is 0 Å². The van der Waals surface area contributed by atoms with Gasteiger partial charge in [-0.25, -0.2) is 14.6 Å². The number of amides is 1. The molecule has 0 radical (unpaired) electrons. The molecule has 39 heavy (non-hydrogen) atoms. The van der Waals surface area contributed by atoms with Gasteiger partial charge in [-0.1, -0.05) is 39.0 Å². The minimum atomic E-state index is -5.08. The molecule has 1 amide bonds. The number of nitrogens with one attached hydrogen (secondary N) is 1. The highest BCUT2D eigenvalue weighted by Crippen LogP contribution is 2.26. The second-order valence-electron chi connectivity index (χ2n) is 8.62. The van der Waals surface area contributed by atoms with Crippen LogP contribution in [0.15, 0.2) is 61.3 Å². The summed E-state index contributed by atoms with van der Waals surface area (Å²) in [5.74, 6) is -5.63. The highest BCUT2D eigenvalue weighted by atomic mass is 19.4. The fourth-order valence-corrected chi connectivity index (χ4v) is 2.61. The second-order valence-corrected chi connectivity index (χ2v) is 8.62. The summed E-state index contributed by atoms with van der Waals surface area (Å²) in [6, 6.07) is 12.0. The zero-order chi connectivity index (χ0) is 30.0. The van der Waals surface area contributed by atoms with Gasteiger partial charge in [0.25, 0.3) is 5.91 Å². The molecule has 3 aromatic rings. The summed E-state index contributed by atoms with van der Waals surface area (Å²) >= 11 is 0. The van der Waals surface area contributed by atoms with Crippen LogP contribution in [0.25, 0.3) is 0 Å². The summed E-state index contributed by atoms with van der Waals surface area (Å²) in [6.07, 6.45) is -3.61. The molecule has 9 nitrogen and oxygen atoms in total. The monoisotopic (exact) mass is 562 g/mol. The van der Waals surface area contributed by atoms with E-state index in [1.165, 1.54) is 11.9 Å². The number of imidazole rings is 1. The molecule has 0 aliphatic heterocycles. The first-order valence-electron chi connectivity index (χ1n) is 10.7. The van der Waals surface area contributed by atoms with Gasteiger partial charge in [0.1, 0.15) is 5.69 Å². The number of carbonyl (C=O) groups is 3. The van der Waals surface area contributed by atoms with Gasteiger partial charge in [0.15, 0.2) is 0 Å². The quantitative estimate of drug-likeness (QED) is 0.371. The lowest BCUT2D eigenvalue weighted by atomic mass is 9.87. The predicted octanol–water partition coefficient (Wildman–Crippen LogP) is 5.22. The van der Waals surface area contributed by atoms with E-state index in [1.54, 1.807) is 23.5 Å². The van der Waals surface area contributed by atoms with Gasteiger partial charge in [-0.05, 0) is 34.7 Å². The Labute approximate surface area is 218 Å². The molecule has 3 rings (SSSR count). The van der Waals surface area contributed by atoms with Crippen molar-refractivity contribution in [3.8, 4) is 0 Å². The molecule has 0 saturated heterocycles. The van der Waals surface area contributed by atoms with Crippen LogP contribution in [0.5, 0.6) is 0 Å². The first kappa shape index (κ1) is 32.6. The Morgan fingerprint density at radius 1 is 0.846 bits per heavy atom. The van der Waals surface area contributed by atoms with Crippen molar-refractivity contribution in [3.63, 3.8) is 0 Å². The standard InChI is InChI=1S/C20H22N4O.2C2HF3O2/c1-20(2,3)16-6-8-17(9-7-16)24(13-15-5-4-10-21-11-15)19(25)18-12-22-14-23-18;2*3-2(4,5)1(6)7/h4-12,14H,13H2,1-3H3,(H,22,23);2*(H,6,7). The first-order chi connectivity index (χ1) is 17.8. The van der Waals surface area contributed by atoms with E-state index in [2.05, 4.69) is 47.9 Å². The molecule has 15 heteroatoms. The summed E-state index contributed by atoms with van der Waals surface area (Å²) in [7, 11) is 0. The predicted molar refractivity (Wildman–Crippen MR) is 126 cm³/mol. The maximum absolute atomic E-state index is 12.9. The number of carboxylic acid groups (broad SMARTS) is 2. The largest absolute Gasteiger partial charge is 0.490 e. The number of anilines is 1. The maximum Gasteiger partial charge on any atom is 0.490 e. The van der Waals surface area contributed by atoms with Crippen molar-refractivity contribution in [1.82, 2.24) is 15.0 Å². The molecule has 3 N–H and O–H groups in total. The number of alkyl halides is 6. The number of carboxylic acids is 2. The Morgan fingerprint density at radius 3 is 1.72 bits per heavy atom. The lowest BCUT2D eigenvalue weighted by Gasteiger charge is -2.24. The lowest BCUT2D eigenvalue weighted by Crippen LogP contribution is -2.30. The molecule has 0 fully saturated rings. The number of aliphatic carboxylic acids is 2. The van der Waals surface area contributed by atoms with Crippen molar-refractivity contribution in [3.05, 3.63) is 78.1 Å². The molecular weight excluding hydrogens is 538 g/mol. The Hall–Kier alpha value is -4.43. The van der Waals surface area contributed by atoms with Crippen LogP contribution in [0.3, 0.4) is 0 Å². The van der Waals surface area contributed by atoms with Crippen molar-refractivity contribution in [1.29, 1.82) is 0 Å². The third-order valence-corrected chi connectivity index (χ3v) is 4.57. The molecule has 0 atom stereocenters. The number of nitrogens with zero attached hydrogens (tertiary/aromatic N) is 3. The van der Waals surface area contributed by atoms with Crippen LogP contribution >= 0.6 is 0 Å². The van der Waals surface area contributed by atoms with Crippen molar-refractivity contribution < 1.29 is 50.9 Å². The number of H-pyrrole nitrogens is 1. The topological polar surface area (TPSA) is 136 Å². The molecule has 1 aromatic carbocycles. The number of rotatable bonds is 4. The maximum atomic E-state index is 12.9. The smallest absolute Gasteiger partial charge is 0.475 e. The number of carbonyl (C=O) groups excluding carboxylic acids is 1. The van der Waals surface area contributed by atoms with E-state index in [9.17, 15) is 31.1 Å². The summed E-state index contributed by atoms with van der Waals surface area (Å²) < 4.78 is 63.5. The van der Waals surface area contributed by atoms with Crippen molar-refractivity contribution >= 4 is 23.5 Å². The van der Waals surface area contributed by atoms with E-state index in [0.717, 1.165) is 11.3 Å². The average Bonchev–Trinajstić information content (AvgIpc) is 3.37. The molecule has 212 valence electrons. The number of hydrogen-bond donors (Lipinski definition) is 3. The summed E-state index contributed by atoms with van der Waals surface area (Å²) in [5, 5.41) is 14.2. The van der Waals surface area contributed by atoms with Gasteiger partial charge in [-0.2, -0.15) is 26.3 Å². The lowest BCUT2D eigenvalue weighted by molar-refractivity contribution is -0.193. The molecule has 0 aliphatic rings. The Morgan fingerprint density at radius 2 is 1.36 bits per heavy atom. The molecule has 0 spiro atoms. The Balaban J connectivity index is 0.000000449. The van der Waals surface area contributed by atoms with Crippen LogP contribution in [0, 0.1) is 0 Å². The van der Waals surface area contributed by atoms with Gasteiger partial charge in [-0.3, -0.25) is 9.78 Å². The molecular formula is C24H24F6N4O5.